The van der Waals surface area contributed by atoms with Crippen LogP contribution in [0.4, 0.5) is 0 Å². The van der Waals surface area contributed by atoms with E-state index in [4.69, 9.17) is 0 Å². The number of aryl methyl sites for hydroxylation is 1. The molecule has 0 aromatic heterocycles. The Labute approximate surface area is 97.9 Å². The van der Waals surface area contributed by atoms with Crippen LogP contribution in [0.2, 0.25) is 0 Å². The van der Waals surface area contributed by atoms with Crippen LogP contribution in [-0.4, -0.2) is 39.6 Å². The van der Waals surface area contributed by atoms with Crippen molar-refractivity contribution in [2.45, 2.75) is 6.92 Å². The maximum absolute atomic E-state index is 12.1. The van der Waals surface area contributed by atoms with Crippen LogP contribution in [0.3, 0.4) is 0 Å². The lowest BCUT2D eigenvalue weighted by Gasteiger charge is -2.26. The molecule has 0 N–H and O–H groups in total. The average molecular weight is 237 g/mol. The van der Waals surface area contributed by atoms with E-state index in [-0.39, 0.29) is 5.91 Å². The fourth-order valence-corrected chi connectivity index (χ4v) is 2.85. The van der Waals surface area contributed by atoms with Crippen LogP contribution in [0.1, 0.15) is 15.9 Å². The summed E-state index contributed by atoms with van der Waals surface area (Å²) >= 11 is 0. The molecule has 86 valence electrons. The Balaban J connectivity index is 2.10. The second-order valence-corrected chi connectivity index (χ2v) is 5.71. The van der Waals surface area contributed by atoms with E-state index < -0.39 is 10.8 Å². The molecule has 0 radical (unpaired) electrons. The molecule has 0 bridgehead atoms. The summed E-state index contributed by atoms with van der Waals surface area (Å²) in [6, 6.07) is 7.60. The van der Waals surface area contributed by atoms with Gasteiger partial charge >= 0.3 is 0 Å². The van der Waals surface area contributed by atoms with Gasteiger partial charge in [-0.05, 0) is 19.1 Å². The average Bonchev–Trinajstić information content (AvgIpc) is 2.29. The van der Waals surface area contributed by atoms with Crippen molar-refractivity contribution in [2.24, 2.45) is 0 Å². The third-order valence-electron chi connectivity index (χ3n) is 2.73. The molecule has 16 heavy (non-hydrogen) atoms. The SMILES string of the molecule is Cc1cccc(C(=O)N2CCS(=O)CC2)c1. The first-order valence-electron chi connectivity index (χ1n) is 5.38. The first-order valence-corrected chi connectivity index (χ1v) is 6.86. The normalized spacial score (nSPS) is 17.4. The molecule has 1 aliphatic heterocycles. The van der Waals surface area contributed by atoms with Crippen molar-refractivity contribution in [1.29, 1.82) is 0 Å². The van der Waals surface area contributed by atoms with Crippen molar-refractivity contribution < 1.29 is 9.00 Å². The van der Waals surface area contributed by atoms with Crippen LogP contribution in [0, 0.1) is 6.92 Å². The Morgan fingerprint density at radius 1 is 1.31 bits per heavy atom. The molecule has 2 rings (SSSR count). The van der Waals surface area contributed by atoms with Gasteiger partial charge < -0.3 is 4.90 Å². The minimum atomic E-state index is -0.732. The predicted molar refractivity (Wildman–Crippen MR) is 65.0 cm³/mol. The number of rotatable bonds is 1. The smallest absolute Gasteiger partial charge is 0.253 e. The van der Waals surface area contributed by atoms with Crippen LogP contribution in [0.15, 0.2) is 24.3 Å². The lowest BCUT2D eigenvalue weighted by Crippen LogP contribution is -2.41. The van der Waals surface area contributed by atoms with E-state index in [1.165, 1.54) is 0 Å². The summed E-state index contributed by atoms with van der Waals surface area (Å²) < 4.78 is 11.2. The summed E-state index contributed by atoms with van der Waals surface area (Å²) in [5.41, 5.74) is 1.82. The highest BCUT2D eigenvalue weighted by Crippen LogP contribution is 2.10. The molecule has 1 aliphatic rings. The largest absolute Gasteiger partial charge is 0.337 e. The van der Waals surface area contributed by atoms with Crippen molar-refractivity contribution in [1.82, 2.24) is 4.90 Å². The number of carbonyl (C=O) groups excluding carboxylic acids is 1. The van der Waals surface area contributed by atoms with Crippen molar-refractivity contribution in [3.63, 3.8) is 0 Å². The molecule has 0 saturated carbocycles. The van der Waals surface area contributed by atoms with Gasteiger partial charge in [-0.3, -0.25) is 9.00 Å². The van der Waals surface area contributed by atoms with E-state index in [2.05, 4.69) is 0 Å². The summed E-state index contributed by atoms with van der Waals surface area (Å²) in [5.74, 6) is 1.27. The lowest BCUT2D eigenvalue weighted by molar-refractivity contribution is 0.0771. The Hall–Kier alpha value is -1.16. The second kappa shape index (κ2) is 4.78. The fraction of sp³-hybridized carbons (Fsp3) is 0.417. The van der Waals surface area contributed by atoms with Crippen molar-refractivity contribution in [3.8, 4) is 0 Å². The molecule has 0 unspecified atom stereocenters. The van der Waals surface area contributed by atoms with Gasteiger partial charge in [0, 0.05) is 41.0 Å². The van der Waals surface area contributed by atoms with Gasteiger partial charge in [-0.2, -0.15) is 0 Å². The van der Waals surface area contributed by atoms with Crippen LogP contribution >= 0.6 is 0 Å². The summed E-state index contributed by atoms with van der Waals surface area (Å²) in [6.45, 7) is 3.20. The molecule has 1 saturated heterocycles. The van der Waals surface area contributed by atoms with Gasteiger partial charge in [0.15, 0.2) is 0 Å². The van der Waals surface area contributed by atoms with Gasteiger partial charge in [0.2, 0.25) is 0 Å². The molecule has 3 nitrogen and oxygen atoms in total. The Morgan fingerprint density at radius 2 is 2.00 bits per heavy atom. The van der Waals surface area contributed by atoms with Gasteiger partial charge in [-0.15, -0.1) is 0 Å². The van der Waals surface area contributed by atoms with Gasteiger partial charge in [-0.25, -0.2) is 0 Å². The molecule has 1 amide bonds. The monoisotopic (exact) mass is 237 g/mol. The fourth-order valence-electron chi connectivity index (χ4n) is 1.80. The highest BCUT2D eigenvalue weighted by atomic mass is 32.2. The molecular formula is C12H15NO2S. The topological polar surface area (TPSA) is 37.4 Å². The quantitative estimate of drug-likeness (QED) is 0.736. The summed E-state index contributed by atoms with van der Waals surface area (Å²) in [4.78, 5) is 13.9. The first kappa shape index (κ1) is 11.3. The summed E-state index contributed by atoms with van der Waals surface area (Å²) in [5, 5.41) is 0. The Kier molecular flexibility index (Phi) is 3.39. The van der Waals surface area contributed by atoms with Gasteiger partial charge in [0.25, 0.3) is 5.91 Å². The Morgan fingerprint density at radius 3 is 2.62 bits per heavy atom. The number of nitrogens with zero attached hydrogens (tertiary/aromatic N) is 1. The predicted octanol–water partition coefficient (Wildman–Crippen LogP) is 1.20. The molecule has 1 aromatic carbocycles. The third-order valence-corrected chi connectivity index (χ3v) is 4.01. The number of hydrogen-bond donors (Lipinski definition) is 0. The lowest BCUT2D eigenvalue weighted by atomic mass is 10.1. The van der Waals surface area contributed by atoms with Crippen molar-refractivity contribution in [3.05, 3.63) is 35.4 Å². The van der Waals surface area contributed by atoms with Crippen LogP contribution < -0.4 is 0 Å². The minimum absolute atomic E-state index is 0.0559. The van der Waals surface area contributed by atoms with Crippen LogP contribution in [-0.2, 0) is 10.8 Å². The molecule has 0 spiro atoms. The van der Waals surface area contributed by atoms with Crippen LogP contribution in [0.25, 0.3) is 0 Å². The van der Waals surface area contributed by atoms with Crippen molar-refractivity contribution in [2.75, 3.05) is 24.6 Å². The standard InChI is InChI=1S/C12H15NO2S/c1-10-3-2-4-11(9-10)12(14)13-5-7-16(15)8-6-13/h2-4,9H,5-8H2,1H3. The van der Waals surface area contributed by atoms with E-state index in [9.17, 15) is 9.00 Å². The van der Waals surface area contributed by atoms with Crippen LogP contribution in [0.5, 0.6) is 0 Å². The Bertz CT molecular complexity index is 421. The summed E-state index contributed by atoms with van der Waals surface area (Å²) in [6.07, 6.45) is 0. The van der Waals surface area contributed by atoms with E-state index in [0.717, 1.165) is 11.1 Å². The zero-order chi connectivity index (χ0) is 11.5. The molecule has 1 heterocycles. The van der Waals surface area contributed by atoms with Gasteiger partial charge in [-0.1, -0.05) is 17.7 Å². The minimum Gasteiger partial charge on any atom is -0.337 e. The number of carbonyl (C=O) groups is 1. The second-order valence-electron chi connectivity index (χ2n) is 4.01. The molecule has 1 fully saturated rings. The van der Waals surface area contributed by atoms with Crippen molar-refractivity contribution >= 4 is 16.7 Å². The third kappa shape index (κ3) is 2.50. The zero-order valence-electron chi connectivity index (χ0n) is 9.31. The van der Waals surface area contributed by atoms with E-state index in [1.54, 1.807) is 4.90 Å². The molecule has 4 heteroatoms. The van der Waals surface area contributed by atoms with Gasteiger partial charge in [0.05, 0.1) is 0 Å². The number of hydrogen-bond acceptors (Lipinski definition) is 2. The maximum Gasteiger partial charge on any atom is 0.253 e. The zero-order valence-corrected chi connectivity index (χ0v) is 10.1. The maximum atomic E-state index is 12.1. The van der Waals surface area contributed by atoms with Gasteiger partial charge in [0.1, 0.15) is 0 Å². The summed E-state index contributed by atoms with van der Waals surface area (Å²) in [7, 11) is -0.732. The number of benzene rings is 1. The molecule has 1 aromatic rings. The highest BCUT2D eigenvalue weighted by Gasteiger charge is 2.20. The highest BCUT2D eigenvalue weighted by molar-refractivity contribution is 7.85. The van der Waals surface area contributed by atoms with E-state index >= 15 is 0 Å². The molecule has 0 atom stereocenters. The number of amides is 1. The van der Waals surface area contributed by atoms with E-state index in [0.29, 0.717) is 24.6 Å². The molecular weight excluding hydrogens is 222 g/mol. The first-order chi connectivity index (χ1) is 7.66. The van der Waals surface area contributed by atoms with E-state index in [1.807, 2.05) is 31.2 Å². The molecule has 0 aliphatic carbocycles.